The van der Waals surface area contributed by atoms with Crippen molar-refractivity contribution in [1.82, 2.24) is 5.43 Å². The average Bonchev–Trinajstić information content (AvgIpc) is 2.58. The van der Waals surface area contributed by atoms with Crippen LogP contribution in [0.1, 0.15) is 29.8 Å². The summed E-state index contributed by atoms with van der Waals surface area (Å²) in [7, 11) is 0. The Hall–Kier alpha value is -2.82. The first kappa shape index (κ1) is 16.5. The fourth-order valence-electron chi connectivity index (χ4n) is 2.23. The molecule has 2 rings (SSSR count). The Kier molecular flexibility index (Phi) is 5.74. The van der Waals surface area contributed by atoms with Crippen molar-refractivity contribution in [3.05, 3.63) is 59.7 Å². The number of phenolic OH excluding ortho intramolecular Hbond substituents is 1. The highest BCUT2D eigenvalue weighted by atomic mass is 16.3. The second kappa shape index (κ2) is 7.98. The molecule has 2 aromatic carbocycles. The summed E-state index contributed by atoms with van der Waals surface area (Å²) in [6.07, 6.45) is 1.41. The number of para-hydroxylation sites is 1. The number of nitrogens with one attached hydrogen (secondary N) is 1. The van der Waals surface area contributed by atoms with Crippen LogP contribution in [0.4, 0.5) is 5.69 Å². The molecule has 0 fully saturated rings. The van der Waals surface area contributed by atoms with Gasteiger partial charge in [-0.3, -0.25) is 4.79 Å². The maximum atomic E-state index is 12.0. The van der Waals surface area contributed by atoms with Gasteiger partial charge in [-0.15, -0.1) is 0 Å². The number of benzene rings is 2. The van der Waals surface area contributed by atoms with E-state index in [4.69, 9.17) is 0 Å². The Morgan fingerprint density at radius 2 is 1.78 bits per heavy atom. The van der Waals surface area contributed by atoms with E-state index in [-0.39, 0.29) is 11.7 Å². The monoisotopic (exact) mass is 311 g/mol. The largest absolute Gasteiger partial charge is 0.507 e. The predicted octanol–water partition coefficient (Wildman–Crippen LogP) is 3.00. The molecule has 0 aromatic heterocycles. The number of carbonyl (C=O) groups excluding carboxylic acids is 1. The molecule has 0 radical (unpaired) electrons. The number of hydrogen-bond acceptors (Lipinski definition) is 4. The van der Waals surface area contributed by atoms with Gasteiger partial charge in [0, 0.05) is 29.9 Å². The highest BCUT2D eigenvalue weighted by Gasteiger charge is 2.06. The van der Waals surface area contributed by atoms with E-state index in [0.29, 0.717) is 11.1 Å². The van der Waals surface area contributed by atoms with Gasteiger partial charge in [0.05, 0.1) is 6.21 Å². The van der Waals surface area contributed by atoms with Crippen molar-refractivity contribution >= 4 is 17.8 Å². The smallest absolute Gasteiger partial charge is 0.271 e. The van der Waals surface area contributed by atoms with Crippen LogP contribution in [0.2, 0.25) is 0 Å². The van der Waals surface area contributed by atoms with Crippen molar-refractivity contribution in [3.8, 4) is 5.75 Å². The quantitative estimate of drug-likeness (QED) is 0.636. The molecular formula is C18H21N3O2. The molecular weight excluding hydrogens is 290 g/mol. The molecule has 1 amide bonds. The number of phenols is 1. The Labute approximate surface area is 136 Å². The lowest BCUT2D eigenvalue weighted by Crippen LogP contribution is -2.22. The minimum absolute atomic E-state index is 0.120. The molecule has 0 aliphatic rings. The Bertz CT molecular complexity index is 677. The fourth-order valence-corrected chi connectivity index (χ4v) is 2.23. The lowest BCUT2D eigenvalue weighted by Gasteiger charge is -2.20. The zero-order valence-electron chi connectivity index (χ0n) is 13.4. The number of hydrazone groups is 1. The van der Waals surface area contributed by atoms with Gasteiger partial charge in [-0.25, -0.2) is 5.43 Å². The second-order valence-corrected chi connectivity index (χ2v) is 4.98. The van der Waals surface area contributed by atoms with E-state index in [1.807, 2.05) is 12.1 Å². The standard InChI is InChI=1S/C18H21N3O2/c1-3-21(4-2)16-11-9-14(10-12-16)18(23)20-19-13-15-7-5-6-8-17(15)22/h5-13,22H,3-4H2,1-2H3,(H,20,23)/b19-13+. The van der Waals surface area contributed by atoms with Crippen molar-refractivity contribution in [2.75, 3.05) is 18.0 Å². The summed E-state index contributed by atoms with van der Waals surface area (Å²) in [5, 5.41) is 13.5. The highest BCUT2D eigenvalue weighted by Crippen LogP contribution is 2.15. The maximum absolute atomic E-state index is 12.0. The summed E-state index contributed by atoms with van der Waals surface area (Å²) < 4.78 is 0. The van der Waals surface area contributed by atoms with Crippen molar-refractivity contribution in [1.29, 1.82) is 0 Å². The van der Waals surface area contributed by atoms with Crippen LogP contribution in [0.25, 0.3) is 0 Å². The molecule has 0 saturated heterocycles. The van der Waals surface area contributed by atoms with Crippen LogP contribution < -0.4 is 10.3 Å². The Morgan fingerprint density at radius 1 is 1.13 bits per heavy atom. The number of nitrogens with zero attached hydrogens (tertiary/aromatic N) is 2. The maximum Gasteiger partial charge on any atom is 0.271 e. The van der Waals surface area contributed by atoms with Crippen LogP contribution in [0, 0.1) is 0 Å². The zero-order valence-corrected chi connectivity index (χ0v) is 13.4. The van der Waals surface area contributed by atoms with E-state index in [9.17, 15) is 9.90 Å². The van der Waals surface area contributed by atoms with E-state index in [1.165, 1.54) is 6.21 Å². The number of aromatic hydroxyl groups is 1. The third-order valence-corrected chi connectivity index (χ3v) is 3.56. The molecule has 0 spiro atoms. The highest BCUT2D eigenvalue weighted by molar-refractivity contribution is 5.95. The van der Waals surface area contributed by atoms with Crippen LogP contribution in [-0.2, 0) is 0 Å². The summed E-state index contributed by atoms with van der Waals surface area (Å²) in [4.78, 5) is 14.2. The third-order valence-electron chi connectivity index (χ3n) is 3.56. The van der Waals surface area contributed by atoms with Gasteiger partial charge >= 0.3 is 0 Å². The van der Waals surface area contributed by atoms with Crippen LogP contribution >= 0.6 is 0 Å². The van der Waals surface area contributed by atoms with E-state index < -0.39 is 0 Å². The van der Waals surface area contributed by atoms with Crippen LogP contribution in [-0.4, -0.2) is 30.3 Å². The van der Waals surface area contributed by atoms with E-state index in [1.54, 1.807) is 36.4 Å². The van der Waals surface area contributed by atoms with E-state index in [2.05, 4.69) is 29.3 Å². The second-order valence-electron chi connectivity index (χ2n) is 4.98. The fraction of sp³-hybridized carbons (Fsp3) is 0.222. The van der Waals surface area contributed by atoms with Gasteiger partial charge in [0.15, 0.2) is 0 Å². The topological polar surface area (TPSA) is 64.9 Å². The first-order chi connectivity index (χ1) is 11.2. The SMILES string of the molecule is CCN(CC)c1ccc(C(=O)N/N=C/c2ccccc2O)cc1. The normalized spacial score (nSPS) is 10.7. The van der Waals surface area contributed by atoms with Gasteiger partial charge in [-0.1, -0.05) is 12.1 Å². The molecule has 23 heavy (non-hydrogen) atoms. The molecule has 0 bridgehead atoms. The summed E-state index contributed by atoms with van der Waals surface area (Å²) >= 11 is 0. The molecule has 2 N–H and O–H groups in total. The number of amides is 1. The molecule has 0 aliphatic heterocycles. The number of anilines is 1. The van der Waals surface area contributed by atoms with E-state index in [0.717, 1.165) is 18.8 Å². The molecule has 5 heteroatoms. The molecule has 0 unspecified atom stereocenters. The van der Waals surface area contributed by atoms with Gasteiger partial charge in [0.25, 0.3) is 5.91 Å². The number of carbonyl (C=O) groups is 1. The molecule has 5 nitrogen and oxygen atoms in total. The Balaban J connectivity index is 2.00. The summed E-state index contributed by atoms with van der Waals surface area (Å²) in [5.74, 6) is -0.170. The lowest BCUT2D eigenvalue weighted by molar-refractivity contribution is 0.0955. The molecule has 0 saturated carbocycles. The van der Waals surface area contributed by atoms with Crippen LogP contribution in [0.3, 0.4) is 0 Å². The van der Waals surface area contributed by atoms with Gasteiger partial charge in [-0.05, 0) is 50.2 Å². The van der Waals surface area contributed by atoms with Crippen LogP contribution in [0.5, 0.6) is 5.75 Å². The average molecular weight is 311 g/mol. The molecule has 0 atom stereocenters. The molecule has 120 valence electrons. The third kappa shape index (κ3) is 4.32. The number of rotatable bonds is 6. The number of hydrogen-bond donors (Lipinski definition) is 2. The summed E-state index contributed by atoms with van der Waals surface area (Å²) in [6, 6.07) is 14.2. The summed E-state index contributed by atoms with van der Waals surface area (Å²) in [5.41, 5.74) is 4.63. The van der Waals surface area contributed by atoms with Crippen molar-refractivity contribution in [2.24, 2.45) is 5.10 Å². The van der Waals surface area contributed by atoms with Crippen LogP contribution in [0.15, 0.2) is 53.6 Å². The predicted molar refractivity (Wildman–Crippen MR) is 93.2 cm³/mol. The van der Waals surface area contributed by atoms with Gasteiger partial charge < -0.3 is 10.0 Å². The first-order valence-electron chi connectivity index (χ1n) is 7.62. The Morgan fingerprint density at radius 3 is 2.39 bits per heavy atom. The van der Waals surface area contributed by atoms with Crippen molar-refractivity contribution in [2.45, 2.75) is 13.8 Å². The van der Waals surface area contributed by atoms with Gasteiger partial charge in [0.1, 0.15) is 5.75 Å². The molecule has 2 aromatic rings. The van der Waals surface area contributed by atoms with Gasteiger partial charge in [-0.2, -0.15) is 5.10 Å². The minimum Gasteiger partial charge on any atom is -0.507 e. The first-order valence-corrected chi connectivity index (χ1v) is 7.62. The van der Waals surface area contributed by atoms with Crippen molar-refractivity contribution in [3.63, 3.8) is 0 Å². The van der Waals surface area contributed by atoms with Crippen molar-refractivity contribution < 1.29 is 9.90 Å². The van der Waals surface area contributed by atoms with Gasteiger partial charge in [0.2, 0.25) is 0 Å². The zero-order chi connectivity index (χ0) is 16.7. The molecule has 0 aliphatic carbocycles. The van der Waals surface area contributed by atoms with E-state index >= 15 is 0 Å². The summed E-state index contributed by atoms with van der Waals surface area (Å²) in [6.45, 7) is 6.04. The lowest BCUT2D eigenvalue weighted by atomic mass is 10.2. The minimum atomic E-state index is -0.289. The molecule has 0 heterocycles.